The molecule has 0 spiro atoms. The fraction of sp³-hybridized carbons (Fsp3) is 0.385. The second kappa shape index (κ2) is 12.1. The summed E-state index contributed by atoms with van der Waals surface area (Å²) in [6.45, 7) is 3.27. The number of rotatable bonds is 11. The largest absolute Gasteiger partial charge is 0.414 e. The molecule has 0 bridgehead atoms. The summed E-state index contributed by atoms with van der Waals surface area (Å²) in [4.78, 5) is 33.3. The van der Waals surface area contributed by atoms with E-state index >= 15 is 0 Å². The van der Waals surface area contributed by atoms with Crippen LogP contribution in [0.3, 0.4) is 0 Å². The number of carbonyl (C=O) groups is 2. The van der Waals surface area contributed by atoms with Gasteiger partial charge in [-0.05, 0) is 63.3 Å². The number of para-hydroxylation sites is 2. The number of carbonyl (C=O) groups excluding carboxylic acids is 2. The van der Waals surface area contributed by atoms with Crippen molar-refractivity contribution >= 4 is 34.6 Å². The molecule has 0 saturated carbocycles. The van der Waals surface area contributed by atoms with Crippen LogP contribution in [-0.4, -0.2) is 49.9 Å². The molecule has 192 valence electrons. The molecule has 36 heavy (non-hydrogen) atoms. The van der Waals surface area contributed by atoms with Crippen molar-refractivity contribution in [2.45, 2.75) is 57.3 Å². The Morgan fingerprint density at radius 1 is 1.14 bits per heavy atom. The first-order valence-corrected chi connectivity index (χ1v) is 12.0. The number of primary amides is 1. The lowest BCUT2D eigenvalue weighted by Crippen LogP contribution is -2.47. The van der Waals surface area contributed by atoms with Crippen molar-refractivity contribution in [1.82, 2.24) is 15.3 Å². The molecule has 2 amide bonds. The summed E-state index contributed by atoms with van der Waals surface area (Å²) in [6.07, 6.45) is 0.0945. The van der Waals surface area contributed by atoms with Crippen LogP contribution in [0.25, 0.3) is 11.0 Å². The molecule has 5 N–H and O–H groups in total. The maximum Gasteiger partial charge on any atom is 0.414 e. The number of fused-ring (bicyclic) bond motifs is 1. The van der Waals surface area contributed by atoms with E-state index in [2.05, 4.69) is 15.3 Å². The third-order valence-corrected chi connectivity index (χ3v) is 6.19. The van der Waals surface area contributed by atoms with E-state index in [0.29, 0.717) is 28.0 Å². The number of nitrogens with two attached hydrogens (primary N) is 1. The Morgan fingerprint density at radius 2 is 1.81 bits per heavy atom. The van der Waals surface area contributed by atoms with Crippen LogP contribution in [0.5, 0.6) is 5.88 Å². The number of aromatic nitrogens is 2. The fourth-order valence-electron chi connectivity index (χ4n) is 3.81. The zero-order chi connectivity index (χ0) is 26.3. The van der Waals surface area contributed by atoms with Gasteiger partial charge in [0.15, 0.2) is 0 Å². The van der Waals surface area contributed by atoms with Crippen molar-refractivity contribution in [3.8, 4) is 5.88 Å². The number of halogens is 1. The average molecular weight is 515 g/mol. The molecule has 0 fully saturated rings. The molecule has 0 saturated heterocycles. The van der Waals surface area contributed by atoms with Crippen LogP contribution in [0.15, 0.2) is 54.7 Å². The standard InChI is InChI=1S/C26H31ClN4O5/c1-26(2,35)12-11-17(24(28)33)14-22(32)21(13-16-7-3-4-8-18(16)27)31-25(34)36-23-15-29-19-9-5-6-10-20(19)30-23/h3-10,15,17,21-22,32,35H,11-14H2,1-2H3,(H2,28,33)(H,31,34)/t17-,21+,22+/m1/s1. The summed E-state index contributed by atoms with van der Waals surface area (Å²) in [5.74, 6) is -1.30. The van der Waals surface area contributed by atoms with Crippen LogP contribution >= 0.6 is 11.6 Å². The summed E-state index contributed by atoms with van der Waals surface area (Å²) < 4.78 is 5.32. The molecule has 0 radical (unpaired) electrons. The highest BCUT2D eigenvalue weighted by atomic mass is 35.5. The van der Waals surface area contributed by atoms with E-state index in [1.165, 1.54) is 6.20 Å². The molecule has 0 unspecified atom stereocenters. The van der Waals surface area contributed by atoms with Gasteiger partial charge in [0.2, 0.25) is 11.8 Å². The zero-order valence-corrected chi connectivity index (χ0v) is 21.0. The van der Waals surface area contributed by atoms with Gasteiger partial charge in [-0.3, -0.25) is 4.79 Å². The number of hydrogen-bond acceptors (Lipinski definition) is 7. The molecule has 2 aromatic carbocycles. The van der Waals surface area contributed by atoms with Gasteiger partial charge >= 0.3 is 6.09 Å². The van der Waals surface area contributed by atoms with Crippen LogP contribution in [-0.2, 0) is 11.2 Å². The van der Waals surface area contributed by atoms with Crippen molar-refractivity contribution < 1.29 is 24.5 Å². The number of nitrogens with one attached hydrogen (secondary N) is 1. The lowest BCUT2D eigenvalue weighted by molar-refractivity contribution is -0.123. The monoisotopic (exact) mass is 514 g/mol. The Morgan fingerprint density at radius 3 is 2.47 bits per heavy atom. The molecule has 0 aliphatic heterocycles. The maximum atomic E-state index is 12.7. The molecule has 0 aliphatic carbocycles. The number of ether oxygens (including phenoxy) is 1. The molecule has 1 heterocycles. The molecule has 10 heteroatoms. The first-order chi connectivity index (χ1) is 17.0. The average Bonchev–Trinajstić information content (AvgIpc) is 2.81. The minimum atomic E-state index is -1.16. The van der Waals surface area contributed by atoms with Gasteiger partial charge in [0, 0.05) is 10.9 Å². The van der Waals surface area contributed by atoms with Gasteiger partial charge < -0.3 is 26.0 Å². The highest BCUT2D eigenvalue weighted by Crippen LogP contribution is 2.24. The Labute approximate surface area is 214 Å². The first kappa shape index (κ1) is 27.3. The summed E-state index contributed by atoms with van der Waals surface area (Å²) in [5, 5.41) is 24.2. The van der Waals surface area contributed by atoms with E-state index in [4.69, 9.17) is 22.1 Å². The Kier molecular flexibility index (Phi) is 9.19. The number of amides is 2. The lowest BCUT2D eigenvalue weighted by atomic mass is 9.87. The van der Waals surface area contributed by atoms with Gasteiger partial charge in [0.25, 0.3) is 0 Å². The zero-order valence-electron chi connectivity index (χ0n) is 20.2. The molecule has 1 aromatic heterocycles. The smallest absolute Gasteiger partial charge is 0.391 e. The summed E-state index contributed by atoms with van der Waals surface area (Å²) in [7, 11) is 0. The van der Waals surface area contributed by atoms with E-state index in [1.807, 2.05) is 6.07 Å². The number of hydrogen-bond donors (Lipinski definition) is 4. The van der Waals surface area contributed by atoms with E-state index in [1.54, 1.807) is 56.3 Å². The normalized spacial score (nSPS) is 14.1. The Bertz CT molecular complexity index is 1200. The van der Waals surface area contributed by atoms with Crippen LogP contribution in [0.1, 0.15) is 38.7 Å². The molecule has 3 atom stereocenters. The van der Waals surface area contributed by atoms with Gasteiger partial charge in [-0.1, -0.05) is 41.9 Å². The molecule has 0 aliphatic rings. The quantitative estimate of drug-likeness (QED) is 0.306. The highest BCUT2D eigenvalue weighted by Gasteiger charge is 2.29. The third-order valence-electron chi connectivity index (χ3n) is 5.82. The molecule has 9 nitrogen and oxygen atoms in total. The van der Waals surface area contributed by atoms with Gasteiger partial charge in [-0.15, -0.1) is 0 Å². The van der Waals surface area contributed by atoms with Crippen LogP contribution < -0.4 is 15.8 Å². The molecular weight excluding hydrogens is 484 g/mol. The second-order valence-corrected chi connectivity index (χ2v) is 9.79. The van der Waals surface area contributed by atoms with Crippen molar-refractivity contribution in [3.63, 3.8) is 0 Å². The van der Waals surface area contributed by atoms with Crippen molar-refractivity contribution in [1.29, 1.82) is 0 Å². The van der Waals surface area contributed by atoms with Gasteiger partial charge in [-0.25, -0.2) is 14.8 Å². The minimum Gasteiger partial charge on any atom is -0.391 e. The Hall–Kier alpha value is -3.27. The number of benzene rings is 2. The summed E-state index contributed by atoms with van der Waals surface area (Å²) in [5.41, 5.74) is 6.48. The van der Waals surface area contributed by atoms with E-state index in [9.17, 15) is 19.8 Å². The number of aliphatic hydroxyl groups is 2. The SMILES string of the molecule is CC(C)(O)CC[C@H](C[C@H](O)[C@H](Cc1ccccc1Cl)NC(=O)Oc1cnc2ccccc2n1)C(N)=O. The summed E-state index contributed by atoms with van der Waals surface area (Å²) in [6, 6.07) is 13.4. The fourth-order valence-corrected chi connectivity index (χ4v) is 4.02. The van der Waals surface area contributed by atoms with Gasteiger partial charge in [0.1, 0.15) is 0 Å². The van der Waals surface area contributed by atoms with Crippen molar-refractivity contribution in [2.24, 2.45) is 11.7 Å². The molecule has 3 aromatic rings. The topological polar surface area (TPSA) is 148 Å². The Balaban J connectivity index is 1.75. The van der Waals surface area contributed by atoms with Crippen LogP contribution in [0, 0.1) is 5.92 Å². The maximum absolute atomic E-state index is 12.7. The van der Waals surface area contributed by atoms with E-state index in [0.717, 1.165) is 0 Å². The van der Waals surface area contributed by atoms with Crippen molar-refractivity contribution in [3.05, 3.63) is 65.3 Å². The number of aliphatic hydroxyl groups excluding tert-OH is 1. The van der Waals surface area contributed by atoms with E-state index < -0.39 is 35.7 Å². The predicted octanol–water partition coefficient (Wildman–Crippen LogP) is 3.39. The second-order valence-electron chi connectivity index (χ2n) is 9.39. The number of nitrogens with zero attached hydrogens (tertiary/aromatic N) is 2. The minimum absolute atomic E-state index is 0.00243. The van der Waals surface area contributed by atoms with Gasteiger partial charge in [-0.2, -0.15) is 0 Å². The predicted molar refractivity (Wildman–Crippen MR) is 136 cm³/mol. The van der Waals surface area contributed by atoms with Crippen LogP contribution in [0.4, 0.5) is 4.79 Å². The van der Waals surface area contributed by atoms with Gasteiger partial charge in [0.05, 0.1) is 35.0 Å². The van der Waals surface area contributed by atoms with E-state index in [-0.39, 0.29) is 25.1 Å². The first-order valence-electron chi connectivity index (χ1n) is 11.6. The van der Waals surface area contributed by atoms with Crippen LogP contribution in [0.2, 0.25) is 5.02 Å². The van der Waals surface area contributed by atoms with Crippen molar-refractivity contribution in [2.75, 3.05) is 0 Å². The lowest BCUT2D eigenvalue weighted by Gasteiger charge is -2.27. The third kappa shape index (κ3) is 8.15. The molecule has 3 rings (SSSR count). The molecular formula is C26H31ClN4O5. The summed E-state index contributed by atoms with van der Waals surface area (Å²) >= 11 is 6.31. The highest BCUT2D eigenvalue weighted by molar-refractivity contribution is 6.31.